The van der Waals surface area contributed by atoms with Crippen LogP contribution in [-0.2, 0) is 14.3 Å². The average Bonchev–Trinajstić information content (AvgIpc) is 2.30. The molecular weight excluding hydrogens is 220 g/mol. The summed E-state index contributed by atoms with van der Waals surface area (Å²) in [6.45, 7) is 1.13. The van der Waals surface area contributed by atoms with Crippen molar-refractivity contribution in [2.45, 2.75) is 6.92 Å². The molecule has 17 heavy (non-hydrogen) atoms. The molecule has 0 aliphatic carbocycles. The molecule has 0 radical (unpaired) electrons. The molecule has 0 saturated carbocycles. The van der Waals surface area contributed by atoms with E-state index in [1.807, 2.05) is 18.2 Å². The van der Waals surface area contributed by atoms with Crippen LogP contribution in [0.1, 0.15) is 6.92 Å². The van der Waals surface area contributed by atoms with E-state index >= 15 is 0 Å². The fraction of sp³-hybridized carbons (Fsp3) is 0.250. The van der Waals surface area contributed by atoms with Crippen LogP contribution >= 0.6 is 0 Å². The van der Waals surface area contributed by atoms with Crippen molar-refractivity contribution in [3.8, 4) is 0 Å². The summed E-state index contributed by atoms with van der Waals surface area (Å²) >= 11 is 0. The number of ketones is 2. The Kier molecular flexibility index (Phi) is 5.03. The molecule has 0 bridgehead atoms. The van der Waals surface area contributed by atoms with E-state index in [1.54, 1.807) is 12.1 Å². The Morgan fingerprint density at radius 2 is 1.94 bits per heavy atom. The first-order valence-corrected chi connectivity index (χ1v) is 5.07. The number of carbonyl (C=O) groups excluding carboxylic acids is 2. The maximum Gasteiger partial charge on any atom is 0.212 e. The predicted octanol–water partition coefficient (Wildman–Crippen LogP) is 1.26. The molecule has 5 heteroatoms. The quantitative estimate of drug-likeness (QED) is 0.457. The number of hydrogen-bond acceptors (Lipinski definition) is 5. The molecule has 0 atom stereocenters. The van der Waals surface area contributed by atoms with E-state index in [1.165, 1.54) is 14.0 Å². The van der Waals surface area contributed by atoms with Crippen molar-refractivity contribution in [3.63, 3.8) is 0 Å². The number of Topliss-reactive ketones (excluding diaryl/α,β-unsaturated/α-hetero) is 2. The van der Waals surface area contributed by atoms with Gasteiger partial charge in [0.2, 0.25) is 5.78 Å². The lowest BCUT2D eigenvalue weighted by molar-refractivity contribution is -0.118. The zero-order chi connectivity index (χ0) is 12.7. The Labute approximate surface area is 99.5 Å². The lowest BCUT2D eigenvalue weighted by atomic mass is 10.2. The Balaban J connectivity index is 2.78. The third kappa shape index (κ3) is 4.16. The Hall–Kier alpha value is -2.01. The lowest BCUT2D eigenvalue weighted by Crippen LogP contribution is -2.26. The van der Waals surface area contributed by atoms with Gasteiger partial charge >= 0.3 is 0 Å². The summed E-state index contributed by atoms with van der Waals surface area (Å²) in [5, 5.41) is 3.80. The van der Waals surface area contributed by atoms with E-state index in [-0.39, 0.29) is 12.3 Å². The van der Waals surface area contributed by atoms with E-state index in [2.05, 4.69) is 15.3 Å². The molecule has 0 aromatic heterocycles. The van der Waals surface area contributed by atoms with Crippen molar-refractivity contribution in [1.29, 1.82) is 0 Å². The minimum absolute atomic E-state index is 0.143. The van der Waals surface area contributed by atoms with Crippen molar-refractivity contribution in [1.82, 2.24) is 0 Å². The van der Waals surface area contributed by atoms with Crippen LogP contribution in [0.5, 0.6) is 0 Å². The molecule has 90 valence electrons. The van der Waals surface area contributed by atoms with Crippen molar-refractivity contribution >= 4 is 23.0 Å². The highest BCUT2D eigenvalue weighted by Crippen LogP contribution is 2.04. The van der Waals surface area contributed by atoms with Gasteiger partial charge in [-0.3, -0.25) is 15.0 Å². The molecule has 1 rings (SSSR count). The highest BCUT2D eigenvalue weighted by Gasteiger charge is 2.16. The topological polar surface area (TPSA) is 67.8 Å². The van der Waals surface area contributed by atoms with Gasteiger partial charge in [-0.1, -0.05) is 18.2 Å². The van der Waals surface area contributed by atoms with E-state index in [9.17, 15) is 9.59 Å². The highest BCUT2D eigenvalue weighted by molar-refractivity contribution is 6.66. The zero-order valence-corrected chi connectivity index (χ0v) is 9.77. The molecule has 0 spiro atoms. The number of carbonyl (C=O) groups is 2. The van der Waals surface area contributed by atoms with Gasteiger partial charge < -0.3 is 4.74 Å². The van der Waals surface area contributed by atoms with Gasteiger partial charge in [0.25, 0.3) is 0 Å². The first-order chi connectivity index (χ1) is 8.15. The molecule has 0 fully saturated rings. The van der Waals surface area contributed by atoms with Gasteiger partial charge in [0.1, 0.15) is 6.61 Å². The molecule has 0 saturated heterocycles. The van der Waals surface area contributed by atoms with Gasteiger partial charge in [-0.15, -0.1) is 0 Å². The number of hydrogen-bond donors (Lipinski definition) is 1. The van der Waals surface area contributed by atoms with Gasteiger partial charge in [0, 0.05) is 14.0 Å². The van der Waals surface area contributed by atoms with Crippen molar-refractivity contribution in [3.05, 3.63) is 30.3 Å². The molecule has 1 N–H and O–H groups in total. The first-order valence-electron chi connectivity index (χ1n) is 5.07. The van der Waals surface area contributed by atoms with E-state index in [4.69, 9.17) is 0 Å². The van der Waals surface area contributed by atoms with Gasteiger partial charge in [-0.05, 0) is 12.1 Å². The van der Waals surface area contributed by atoms with Crippen LogP contribution in [0.15, 0.2) is 35.4 Å². The van der Waals surface area contributed by atoms with Crippen molar-refractivity contribution in [2.24, 2.45) is 5.10 Å². The molecule has 1 aromatic carbocycles. The highest BCUT2D eigenvalue weighted by atomic mass is 16.5. The number of para-hydroxylation sites is 1. The fourth-order valence-corrected chi connectivity index (χ4v) is 1.17. The maximum atomic E-state index is 11.5. The molecule has 1 aromatic rings. The van der Waals surface area contributed by atoms with Gasteiger partial charge in [0.15, 0.2) is 11.5 Å². The minimum atomic E-state index is -0.441. The number of hydrazone groups is 1. The second kappa shape index (κ2) is 6.55. The predicted molar refractivity (Wildman–Crippen MR) is 65.1 cm³/mol. The summed E-state index contributed by atoms with van der Waals surface area (Å²) in [6.07, 6.45) is 0. The molecule has 0 amide bonds. The number of rotatable bonds is 6. The van der Waals surface area contributed by atoms with E-state index in [0.717, 1.165) is 0 Å². The normalized spacial score (nSPS) is 11.1. The summed E-state index contributed by atoms with van der Waals surface area (Å²) in [4.78, 5) is 22.7. The summed E-state index contributed by atoms with van der Waals surface area (Å²) < 4.78 is 4.68. The number of ether oxygens (including phenoxy) is 1. The van der Waals surface area contributed by atoms with Crippen LogP contribution in [0.2, 0.25) is 0 Å². The third-order valence-electron chi connectivity index (χ3n) is 1.94. The van der Waals surface area contributed by atoms with Crippen LogP contribution in [0.25, 0.3) is 0 Å². The SMILES string of the molecule is COCC(=O)C(=NNc1ccccc1)C(C)=O. The lowest BCUT2D eigenvalue weighted by Gasteiger charge is -2.03. The molecular formula is C12H14N2O3. The van der Waals surface area contributed by atoms with Crippen LogP contribution in [0, 0.1) is 0 Å². The smallest absolute Gasteiger partial charge is 0.212 e. The third-order valence-corrected chi connectivity index (χ3v) is 1.94. The van der Waals surface area contributed by atoms with Crippen molar-refractivity contribution < 1.29 is 14.3 Å². The summed E-state index contributed by atoms with van der Waals surface area (Å²) in [5.41, 5.74) is 3.22. The zero-order valence-electron chi connectivity index (χ0n) is 9.77. The number of methoxy groups -OCH3 is 1. The number of nitrogens with zero attached hydrogens (tertiary/aromatic N) is 1. The largest absolute Gasteiger partial charge is 0.376 e. The second-order valence-corrected chi connectivity index (χ2v) is 3.35. The molecule has 0 aliphatic rings. The second-order valence-electron chi connectivity index (χ2n) is 3.35. The average molecular weight is 234 g/mol. The van der Waals surface area contributed by atoms with Gasteiger partial charge in [-0.2, -0.15) is 5.10 Å². The van der Waals surface area contributed by atoms with E-state index < -0.39 is 11.6 Å². The van der Waals surface area contributed by atoms with Gasteiger partial charge in [-0.25, -0.2) is 0 Å². The summed E-state index contributed by atoms with van der Waals surface area (Å²) in [7, 11) is 1.39. The molecule has 5 nitrogen and oxygen atoms in total. The van der Waals surface area contributed by atoms with Crippen LogP contribution in [0.3, 0.4) is 0 Å². The van der Waals surface area contributed by atoms with Crippen LogP contribution in [0.4, 0.5) is 5.69 Å². The molecule has 0 unspecified atom stereocenters. The Morgan fingerprint density at radius 1 is 1.29 bits per heavy atom. The summed E-state index contributed by atoms with van der Waals surface area (Å²) in [5.74, 6) is -0.834. The summed E-state index contributed by atoms with van der Waals surface area (Å²) in [6, 6.07) is 9.06. The fourth-order valence-electron chi connectivity index (χ4n) is 1.17. The molecule has 0 heterocycles. The monoisotopic (exact) mass is 234 g/mol. The van der Waals surface area contributed by atoms with Gasteiger partial charge in [0.05, 0.1) is 5.69 Å². The Morgan fingerprint density at radius 3 is 2.47 bits per heavy atom. The standard InChI is InChI=1S/C12H14N2O3/c1-9(15)12(11(16)8-17-2)14-13-10-6-4-3-5-7-10/h3-7,13H,8H2,1-2H3. The minimum Gasteiger partial charge on any atom is -0.376 e. The Bertz CT molecular complexity index is 427. The number of anilines is 1. The maximum absolute atomic E-state index is 11.5. The first kappa shape index (κ1) is 13.1. The number of nitrogens with one attached hydrogen (secondary N) is 1. The van der Waals surface area contributed by atoms with Crippen molar-refractivity contribution in [2.75, 3.05) is 19.1 Å². The molecule has 0 aliphatic heterocycles. The van der Waals surface area contributed by atoms with Crippen LogP contribution in [-0.4, -0.2) is 31.0 Å². The van der Waals surface area contributed by atoms with E-state index in [0.29, 0.717) is 5.69 Å². The van der Waals surface area contributed by atoms with Crippen LogP contribution < -0.4 is 5.43 Å². The number of benzene rings is 1.